The Bertz CT molecular complexity index is 550. The van der Waals surface area contributed by atoms with Crippen LogP contribution in [0.4, 0.5) is 0 Å². The number of amides is 1. The zero-order valence-electron chi connectivity index (χ0n) is 14.9. The van der Waals surface area contributed by atoms with Crippen LogP contribution < -0.4 is 16.0 Å². The molecule has 0 atom stereocenters. The summed E-state index contributed by atoms with van der Waals surface area (Å²) in [5.74, 6) is 0.888. The van der Waals surface area contributed by atoms with E-state index in [4.69, 9.17) is 0 Å². The molecule has 1 saturated carbocycles. The van der Waals surface area contributed by atoms with Crippen LogP contribution in [0.1, 0.15) is 50.2 Å². The number of nitrogens with zero attached hydrogens (tertiary/aromatic N) is 1. The van der Waals surface area contributed by atoms with Gasteiger partial charge in [0.25, 0.3) is 0 Å². The van der Waals surface area contributed by atoms with E-state index in [0.717, 1.165) is 25.3 Å². The Labute approximate surface area is 145 Å². The summed E-state index contributed by atoms with van der Waals surface area (Å²) in [7, 11) is 0. The SMILES string of the molecule is CCNC(=NCc1ccccc1C)NCCC(=O)NC1CCCC1. The summed E-state index contributed by atoms with van der Waals surface area (Å²) in [6.07, 6.45) is 5.20. The number of carbonyl (C=O) groups is 1. The summed E-state index contributed by atoms with van der Waals surface area (Å²) in [6, 6.07) is 8.65. The van der Waals surface area contributed by atoms with Gasteiger partial charge in [-0.05, 0) is 37.8 Å². The molecular weight excluding hydrogens is 300 g/mol. The normalized spacial score (nSPS) is 15.3. The molecule has 1 aromatic carbocycles. The second kappa shape index (κ2) is 9.96. The van der Waals surface area contributed by atoms with E-state index in [2.05, 4.69) is 40.0 Å². The van der Waals surface area contributed by atoms with Crippen LogP contribution in [0.3, 0.4) is 0 Å². The Morgan fingerprint density at radius 3 is 2.67 bits per heavy atom. The molecule has 0 heterocycles. The fourth-order valence-electron chi connectivity index (χ4n) is 2.96. The van der Waals surface area contributed by atoms with Crippen molar-refractivity contribution in [3.63, 3.8) is 0 Å². The third-order valence-corrected chi connectivity index (χ3v) is 4.38. The minimum Gasteiger partial charge on any atom is -0.357 e. The molecule has 24 heavy (non-hydrogen) atoms. The molecule has 0 saturated heterocycles. The summed E-state index contributed by atoms with van der Waals surface area (Å²) >= 11 is 0. The Morgan fingerprint density at radius 1 is 1.21 bits per heavy atom. The lowest BCUT2D eigenvalue weighted by Crippen LogP contribution is -2.40. The van der Waals surface area contributed by atoms with Crippen molar-refractivity contribution in [2.45, 2.75) is 58.5 Å². The van der Waals surface area contributed by atoms with E-state index in [1.54, 1.807) is 0 Å². The first kappa shape index (κ1) is 18.3. The monoisotopic (exact) mass is 330 g/mol. The zero-order chi connectivity index (χ0) is 17.2. The van der Waals surface area contributed by atoms with E-state index in [1.807, 2.05) is 19.1 Å². The third kappa shape index (κ3) is 6.22. The van der Waals surface area contributed by atoms with Crippen molar-refractivity contribution in [3.05, 3.63) is 35.4 Å². The first-order chi connectivity index (χ1) is 11.7. The molecule has 3 N–H and O–H groups in total. The minimum atomic E-state index is 0.129. The highest BCUT2D eigenvalue weighted by atomic mass is 16.1. The molecule has 0 unspecified atom stereocenters. The maximum Gasteiger partial charge on any atom is 0.221 e. The van der Waals surface area contributed by atoms with Crippen LogP contribution in [-0.2, 0) is 11.3 Å². The van der Waals surface area contributed by atoms with Crippen molar-refractivity contribution in [3.8, 4) is 0 Å². The molecule has 1 aromatic rings. The van der Waals surface area contributed by atoms with Crippen LogP contribution in [0, 0.1) is 6.92 Å². The Morgan fingerprint density at radius 2 is 1.96 bits per heavy atom. The lowest BCUT2D eigenvalue weighted by molar-refractivity contribution is -0.121. The predicted octanol–water partition coefficient (Wildman–Crippen LogP) is 2.50. The number of aryl methyl sites for hydroxylation is 1. The van der Waals surface area contributed by atoms with Gasteiger partial charge in [-0.1, -0.05) is 37.1 Å². The summed E-state index contributed by atoms with van der Waals surface area (Å²) in [5.41, 5.74) is 2.46. The second-order valence-corrected chi connectivity index (χ2v) is 6.35. The zero-order valence-corrected chi connectivity index (χ0v) is 14.9. The van der Waals surface area contributed by atoms with Crippen molar-refractivity contribution in [2.24, 2.45) is 4.99 Å². The van der Waals surface area contributed by atoms with Crippen LogP contribution in [0.2, 0.25) is 0 Å². The van der Waals surface area contributed by atoms with Gasteiger partial charge in [0, 0.05) is 25.6 Å². The number of nitrogens with one attached hydrogen (secondary N) is 3. The molecule has 0 aromatic heterocycles. The third-order valence-electron chi connectivity index (χ3n) is 4.38. The number of hydrogen-bond donors (Lipinski definition) is 3. The number of carbonyl (C=O) groups excluding carboxylic acids is 1. The Kier molecular flexibility index (Phi) is 7.59. The molecule has 1 aliphatic rings. The van der Waals surface area contributed by atoms with Crippen LogP contribution in [-0.4, -0.2) is 31.0 Å². The van der Waals surface area contributed by atoms with Gasteiger partial charge >= 0.3 is 0 Å². The Hall–Kier alpha value is -2.04. The smallest absolute Gasteiger partial charge is 0.221 e. The number of hydrogen-bond acceptors (Lipinski definition) is 2. The molecule has 0 spiro atoms. The predicted molar refractivity (Wildman–Crippen MR) is 99.0 cm³/mol. The molecule has 2 rings (SSSR count). The molecule has 5 heteroatoms. The Balaban J connectivity index is 1.76. The first-order valence-electron chi connectivity index (χ1n) is 9.05. The van der Waals surface area contributed by atoms with Gasteiger partial charge in [0.2, 0.25) is 5.91 Å². The molecule has 0 aliphatic heterocycles. The number of aliphatic imine (C=N–C) groups is 1. The molecule has 0 radical (unpaired) electrons. The van der Waals surface area contributed by atoms with Crippen LogP contribution in [0.5, 0.6) is 0 Å². The number of guanidine groups is 1. The van der Waals surface area contributed by atoms with Gasteiger partial charge in [0.15, 0.2) is 5.96 Å². The lowest BCUT2D eigenvalue weighted by atomic mass is 10.1. The van der Waals surface area contributed by atoms with Gasteiger partial charge in [-0.15, -0.1) is 0 Å². The van der Waals surface area contributed by atoms with Crippen molar-refractivity contribution in [1.82, 2.24) is 16.0 Å². The van der Waals surface area contributed by atoms with Gasteiger partial charge in [-0.25, -0.2) is 4.99 Å². The maximum atomic E-state index is 12.0. The van der Waals surface area contributed by atoms with Gasteiger partial charge in [-0.3, -0.25) is 4.79 Å². The van der Waals surface area contributed by atoms with E-state index in [9.17, 15) is 4.79 Å². The van der Waals surface area contributed by atoms with Crippen molar-refractivity contribution in [2.75, 3.05) is 13.1 Å². The fraction of sp³-hybridized carbons (Fsp3) is 0.579. The number of rotatable bonds is 7. The summed E-state index contributed by atoms with van der Waals surface area (Å²) in [6.45, 7) is 6.17. The average molecular weight is 330 g/mol. The van der Waals surface area contributed by atoms with E-state index in [0.29, 0.717) is 25.6 Å². The highest BCUT2D eigenvalue weighted by Crippen LogP contribution is 2.17. The topological polar surface area (TPSA) is 65.5 Å². The molecule has 1 aliphatic carbocycles. The summed E-state index contributed by atoms with van der Waals surface area (Å²) < 4.78 is 0. The molecular formula is C19H30N4O. The highest BCUT2D eigenvalue weighted by Gasteiger charge is 2.16. The molecule has 1 fully saturated rings. The standard InChI is InChI=1S/C19H30N4O/c1-3-20-19(22-14-16-9-5-4-8-15(16)2)21-13-12-18(24)23-17-10-6-7-11-17/h4-5,8-9,17H,3,6-7,10-14H2,1-2H3,(H,23,24)(H2,20,21,22). The minimum absolute atomic E-state index is 0.129. The first-order valence-corrected chi connectivity index (χ1v) is 9.05. The van der Waals surface area contributed by atoms with E-state index >= 15 is 0 Å². The van der Waals surface area contributed by atoms with Gasteiger partial charge in [0.05, 0.1) is 6.54 Å². The molecule has 0 bridgehead atoms. The fourth-order valence-corrected chi connectivity index (χ4v) is 2.96. The molecule has 5 nitrogen and oxygen atoms in total. The highest BCUT2D eigenvalue weighted by molar-refractivity contribution is 5.81. The lowest BCUT2D eigenvalue weighted by Gasteiger charge is -2.14. The van der Waals surface area contributed by atoms with Gasteiger partial charge in [0.1, 0.15) is 0 Å². The van der Waals surface area contributed by atoms with Crippen molar-refractivity contribution < 1.29 is 4.79 Å². The van der Waals surface area contributed by atoms with Crippen molar-refractivity contribution in [1.29, 1.82) is 0 Å². The maximum absolute atomic E-state index is 12.0. The molecule has 132 valence electrons. The van der Waals surface area contributed by atoms with Gasteiger partial charge < -0.3 is 16.0 Å². The average Bonchev–Trinajstić information content (AvgIpc) is 3.06. The largest absolute Gasteiger partial charge is 0.357 e. The quantitative estimate of drug-likeness (QED) is 0.532. The van der Waals surface area contributed by atoms with E-state index in [-0.39, 0.29) is 5.91 Å². The van der Waals surface area contributed by atoms with E-state index < -0.39 is 0 Å². The van der Waals surface area contributed by atoms with Crippen molar-refractivity contribution >= 4 is 11.9 Å². The van der Waals surface area contributed by atoms with Crippen LogP contribution >= 0.6 is 0 Å². The van der Waals surface area contributed by atoms with E-state index in [1.165, 1.54) is 24.0 Å². The molecule has 1 amide bonds. The second-order valence-electron chi connectivity index (χ2n) is 6.35. The summed E-state index contributed by atoms with van der Waals surface area (Å²) in [5, 5.41) is 9.58. The number of benzene rings is 1. The van der Waals surface area contributed by atoms with Crippen LogP contribution in [0.15, 0.2) is 29.3 Å². The van der Waals surface area contributed by atoms with Gasteiger partial charge in [-0.2, -0.15) is 0 Å². The summed E-state index contributed by atoms with van der Waals surface area (Å²) in [4.78, 5) is 16.6. The van der Waals surface area contributed by atoms with Crippen LogP contribution in [0.25, 0.3) is 0 Å².